The number of likely N-dealkylation sites (tertiary alicyclic amines) is 1. The van der Waals surface area contributed by atoms with Crippen LogP contribution in [0.4, 0.5) is 5.69 Å². The molecule has 1 saturated carbocycles. The summed E-state index contributed by atoms with van der Waals surface area (Å²) in [6.45, 7) is 6.77. The van der Waals surface area contributed by atoms with Gasteiger partial charge in [-0.1, -0.05) is 32.0 Å². The average molecular weight is 414 g/mol. The van der Waals surface area contributed by atoms with Crippen LogP contribution in [-0.4, -0.2) is 47.1 Å². The highest BCUT2D eigenvalue weighted by atomic mass is 16.5. The lowest BCUT2D eigenvalue weighted by atomic mass is 9.79. The van der Waals surface area contributed by atoms with E-state index < -0.39 is 11.8 Å². The molecule has 2 fully saturated rings. The van der Waals surface area contributed by atoms with Gasteiger partial charge >= 0.3 is 0 Å². The summed E-state index contributed by atoms with van der Waals surface area (Å²) in [6.07, 6.45) is 7.23. The number of nitrogens with one attached hydrogen (secondary N) is 1. The van der Waals surface area contributed by atoms with E-state index in [2.05, 4.69) is 18.7 Å². The molecule has 1 saturated heterocycles. The van der Waals surface area contributed by atoms with Gasteiger partial charge in [0, 0.05) is 37.3 Å². The number of amides is 2. The van der Waals surface area contributed by atoms with Crippen molar-refractivity contribution < 1.29 is 14.8 Å². The van der Waals surface area contributed by atoms with Gasteiger partial charge in [-0.3, -0.25) is 14.8 Å². The Balaban J connectivity index is 1.40. The van der Waals surface area contributed by atoms with Crippen LogP contribution in [0.2, 0.25) is 0 Å². The van der Waals surface area contributed by atoms with Gasteiger partial charge in [-0.05, 0) is 62.0 Å². The third-order valence-electron chi connectivity index (χ3n) is 7.69. The quantitative estimate of drug-likeness (QED) is 0.570. The van der Waals surface area contributed by atoms with Crippen molar-refractivity contribution in [3.63, 3.8) is 0 Å². The van der Waals surface area contributed by atoms with Gasteiger partial charge in [0.15, 0.2) is 0 Å². The molecule has 1 unspecified atom stereocenters. The van der Waals surface area contributed by atoms with E-state index in [1.807, 2.05) is 29.2 Å². The fraction of sp³-hybridized carbons (Fsp3) is 0.667. The first-order valence-corrected chi connectivity index (χ1v) is 11.6. The molecule has 6 heteroatoms. The third kappa shape index (κ3) is 4.12. The molecule has 0 bridgehead atoms. The number of hydrogen-bond donors (Lipinski definition) is 2. The number of piperidine rings is 1. The van der Waals surface area contributed by atoms with E-state index >= 15 is 0 Å². The highest BCUT2D eigenvalue weighted by Crippen LogP contribution is 2.42. The minimum atomic E-state index is -0.517. The molecular formula is C24H35N3O3. The van der Waals surface area contributed by atoms with E-state index in [1.165, 1.54) is 25.7 Å². The third-order valence-corrected chi connectivity index (χ3v) is 7.69. The average Bonchev–Trinajstić information content (AvgIpc) is 3.05. The predicted octanol–water partition coefficient (Wildman–Crippen LogP) is 3.69. The molecule has 2 heterocycles. The monoisotopic (exact) mass is 413 g/mol. The molecule has 2 N–H and O–H groups in total. The molecule has 2 aliphatic heterocycles. The molecule has 2 amide bonds. The fourth-order valence-corrected chi connectivity index (χ4v) is 5.87. The number of fused-ring (bicyclic) bond motifs is 1. The minimum Gasteiger partial charge on any atom is -0.308 e. The molecule has 4 rings (SSSR count). The first-order chi connectivity index (χ1) is 14.5. The highest BCUT2D eigenvalue weighted by Gasteiger charge is 2.42. The number of anilines is 1. The maximum absolute atomic E-state index is 13.2. The first-order valence-electron chi connectivity index (χ1n) is 11.6. The molecule has 30 heavy (non-hydrogen) atoms. The van der Waals surface area contributed by atoms with Crippen molar-refractivity contribution in [2.45, 2.75) is 76.8 Å². The molecule has 1 aliphatic carbocycles. The lowest BCUT2D eigenvalue weighted by Crippen LogP contribution is -2.50. The second-order valence-corrected chi connectivity index (χ2v) is 9.64. The van der Waals surface area contributed by atoms with Crippen molar-refractivity contribution in [3.05, 3.63) is 29.8 Å². The van der Waals surface area contributed by atoms with E-state index in [9.17, 15) is 9.59 Å². The molecular weight excluding hydrogens is 378 g/mol. The summed E-state index contributed by atoms with van der Waals surface area (Å²) in [5.41, 5.74) is 3.52. The van der Waals surface area contributed by atoms with E-state index in [0.717, 1.165) is 49.0 Å². The number of para-hydroxylation sites is 1. The predicted molar refractivity (Wildman–Crippen MR) is 116 cm³/mol. The van der Waals surface area contributed by atoms with Crippen molar-refractivity contribution in [1.82, 2.24) is 10.4 Å². The van der Waals surface area contributed by atoms with Crippen molar-refractivity contribution in [1.29, 1.82) is 0 Å². The van der Waals surface area contributed by atoms with Crippen molar-refractivity contribution in [2.75, 3.05) is 18.0 Å². The van der Waals surface area contributed by atoms with E-state index in [-0.39, 0.29) is 18.4 Å². The maximum atomic E-state index is 13.2. The summed E-state index contributed by atoms with van der Waals surface area (Å²) in [6, 6.07) is 8.67. The molecule has 0 spiro atoms. The van der Waals surface area contributed by atoms with Crippen LogP contribution in [0.15, 0.2) is 24.3 Å². The van der Waals surface area contributed by atoms with Gasteiger partial charge in [0.05, 0.1) is 5.92 Å². The van der Waals surface area contributed by atoms with Gasteiger partial charge in [-0.2, -0.15) is 0 Å². The minimum absolute atomic E-state index is 0.00399. The molecule has 3 aliphatic rings. The molecule has 0 radical (unpaired) electrons. The Bertz CT molecular complexity index is 765. The van der Waals surface area contributed by atoms with Crippen LogP contribution < -0.4 is 10.4 Å². The van der Waals surface area contributed by atoms with E-state index in [1.54, 1.807) is 5.48 Å². The standard InChI is InChI=1S/C24H35N3O3/c1-16(2)17-7-9-18(10-8-17)26-13-11-19(12-14-26)27-22-6-4-3-5-20(22)21(24(27)29)15-23(28)25-30/h3-6,16-19,21,30H,7-15H2,1-2H3,(H,25,28)/t17-,18+,21?. The van der Waals surface area contributed by atoms with Crippen molar-refractivity contribution in [2.24, 2.45) is 11.8 Å². The van der Waals surface area contributed by atoms with Crippen molar-refractivity contribution in [3.8, 4) is 0 Å². The van der Waals surface area contributed by atoms with Gasteiger partial charge in [-0.15, -0.1) is 0 Å². The van der Waals surface area contributed by atoms with Crippen LogP contribution in [0.3, 0.4) is 0 Å². The van der Waals surface area contributed by atoms with Gasteiger partial charge in [0.25, 0.3) is 0 Å². The highest BCUT2D eigenvalue weighted by molar-refractivity contribution is 6.07. The smallest absolute Gasteiger partial charge is 0.244 e. The van der Waals surface area contributed by atoms with Crippen molar-refractivity contribution >= 4 is 17.5 Å². The Hall–Kier alpha value is -1.92. The van der Waals surface area contributed by atoms with Crippen LogP contribution in [0.1, 0.15) is 70.3 Å². The van der Waals surface area contributed by atoms with Gasteiger partial charge in [0.1, 0.15) is 0 Å². The summed E-state index contributed by atoms with van der Waals surface area (Å²) in [5.74, 6) is 0.648. The Kier molecular flexibility index (Phi) is 6.44. The number of benzene rings is 1. The van der Waals surface area contributed by atoms with Crippen LogP contribution in [0, 0.1) is 11.8 Å². The van der Waals surface area contributed by atoms with Gasteiger partial charge in [-0.25, -0.2) is 5.48 Å². The number of carbonyl (C=O) groups excluding carboxylic acids is 2. The normalized spacial score (nSPS) is 28.1. The fourth-order valence-electron chi connectivity index (χ4n) is 5.87. The lowest BCUT2D eigenvalue weighted by molar-refractivity contribution is -0.132. The maximum Gasteiger partial charge on any atom is 0.244 e. The SMILES string of the molecule is CC(C)[C@H]1CC[C@@H](N2CCC(N3C(=O)C(CC(=O)NO)c4ccccc43)CC2)CC1. The van der Waals surface area contributed by atoms with Crippen LogP contribution in [0.5, 0.6) is 0 Å². The largest absolute Gasteiger partial charge is 0.308 e. The molecule has 6 nitrogen and oxygen atoms in total. The Morgan fingerprint density at radius 2 is 1.73 bits per heavy atom. The van der Waals surface area contributed by atoms with E-state index in [4.69, 9.17) is 5.21 Å². The summed E-state index contributed by atoms with van der Waals surface area (Å²) >= 11 is 0. The summed E-state index contributed by atoms with van der Waals surface area (Å²) in [5, 5.41) is 8.91. The van der Waals surface area contributed by atoms with Gasteiger partial charge < -0.3 is 9.80 Å². The van der Waals surface area contributed by atoms with E-state index in [0.29, 0.717) is 6.04 Å². The number of nitrogens with zero attached hydrogens (tertiary/aromatic N) is 2. The molecule has 1 aromatic rings. The zero-order chi connectivity index (χ0) is 21.3. The summed E-state index contributed by atoms with van der Waals surface area (Å²) in [7, 11) is 0. The Labute approximate surface area is 179 Å². The number of rotatable bonds is 5. The second-order valence-electron chi connectivity index (χ2n) is 9.64. The first kappa shape index (κ1) is 21.3. The molecule has 0 aromatic heterocycles. The number of hydroxylamine groups is 1. The lowest BCUT2D eigenvalue weighted by Gasteiger charge is -2.43. The van der Waals surface area contributed by atoms with Crippen LogP contribution >= 0.6 is 0 Å². The topological polar surface area (TPSA) is 72.9 Å². The zero-order valence-electron chi connectivity index (χ0n) is 18.2. The molecule has 1 atom stereocenters. The second kappa shape index (κ2) is 9.06. The Morgan fingerprint density at radius 1 is 1.07 bits per heavy atom. The zero-order valence-corrected chi connectivity index (χ0v) is 18.2. The van der Waals surface area contributed by atoms with Crippen LogP contribution in [-0.2, 0) is 9.59 Å². The molecule has 164 valence electrons. The molecule has 1 aromatic carbocycles. The number of carbonyl (C=O) groups is 2. The summed E-state index contributed by atoms with van der Waals surface area (Å²) < 4.78 is 0. The van der Waals surface area contributed by atoms with Gasteiger partial charge in [0.2, 0.25) is 11.8 Å². The Morgan fingerprint density at radius 3 is 2.37 bits per heavy atom. The summed E-state index contributed by atoms with van der Waals surface area (Å²) in [4.78, 5) is 29.6. The number of hydrogen-bond acceptors (Lipinski definition) is 4. The van der Waals surface area contributed by atoms with Crippen LogP contribution in [0.25, 0.3) is 0 Å².